The lowest BCUT2D eigenvalue weighted by Gasteiger charge is -2.12. The Hall–Kier alpha value is -2.02. The molecule has 1 aliphatic carbocycles. The van der Waals surface area contributed by atoms with Crippen molar-refractivity contribution in [2.75, 3.05) is 5.32 Å². The number of rotatable bonds is 2. The molecule has 0 spiro atoms. The van der Waals surface area contributed by atoms with Crippen LogP contribution in [0.4, 0.5) is 6.01 Å². The van der Waals surface area contributed by atoms with Crippen LogP contribution < -0.4 is 5.32 Å². The van der Waals surface area contributed by atoms with Gasteiger partial charge in [0, 0.05) is 6.04 Å². The highest BCUT2D eigenvalue weighted by atomic mass is 16.4. The molecule has 0 saturated heterocycles. The zero-order valence-electron chi connectivity index (χ0n) is 10.3. The molecule has 4 heteroatoms. The average Bonchev–Trinajstić information content (AvgIpc) is 2.94. The number of hydrogen-bond donors (Lipinski definition) is 1. The van der Waals surface area contributed by atoms with Gasteiger partial charge in [-0.25, -0.2) is 0 Å². The quantitative estimate of drug-likeness (QED) is 0.876. The third-order valence-corrected chi connectivity index (χ3v) is 3.53. The zero-order valence-corrected chi connectivity index (χ0v) is 10.3. The molecule has 1 N–H and O–H groups in total. The molecule has 2 aromatic rings. The van der Waals surface area contributed by atoms with Gasteiger partial charge in [-0.3, -0.25) is 0 Å². The van der Waals surface area contributed by atoms with Crippen LogP contribution in [-0.4, -0.2) is 11.0 Å². The fourth-order valence-corrected chi connectivity index (χ4v) is 2.55. The third-order valence-electron chi connectivity index (χ3n) is 3.53. The average molecular weight is 241 g/mol. The molecule has 1 aromatic heterocycles. The number of nitrogens with one attached hydrogen (secondary N) is 1. The predicted molar refractivity (Wildman–Crippen MR) is 69.1 cm³/mol. The lowest BCUT2D eigenvalue weighted by atomic mass is 10.1. The van der Waals surface area contributed by atoms with Crippen molar-refractivity contribution in [3.8, 4) is 6.07 Å². The standard InChI is InChI=1S/C14H15N3O/c1-9-5-6-13-12(7-9)17-14(18-13)16-11-4-2-3-10(11)8-15/h5-7,10-11H,2-4H2,1H3,(H,16,17)/t10-,11-/m0/s1. The molecule has 0 bridgehead atoms. The van der Waals surface area contributed by atoms with Gasteiger partial charge in [-0.15, -0.1) is 0 Å². The van der Waals surface area contributed by atoms with Gasteiger partial charge in [0.25, 0.3) is 6.01 Å². The second-order valence-corrected chi connectivity index (χ2v) is 4.91. The Morgan fingerprint density at radius 1 is 1.44 bits per heavy atom. The van der Waals surface area contributed by atoms with E-state index >= 15 is 0 Å². The molecule has 0 radical (unpaired) electrons. The number of nitrogens with zero attached hydrogens (tertiary/aromatic N) is 2. The molecule has 0 unspecified atom stereocenters. The molecule has 1 fully saturated rings. The molecule has 18 heavy (non-hydrogen) atoms. The lowest BCUT2D eigenvalue weighted by Crippen LogP contribution is -2.22. The number of hydrogen-bond acceptors (Lipinski definition) is 4. The van der Waals surface area contributed by atoms with Crippen LogP contribution >= 0.6 is 0 Å². The molecule has 1 aliphatic rings. The van der Waals surface area contributed by atoms with Crippen LogP contribution in [0.2, 0.25) is 0 Å². The molecule has 1 saturated carbocycles. The summed E-state index contributed by atoms with van der Waals surface area (Å²) in [6.45, 7) is 2.03. The van der Waals surface area contributed by atoms with Crippen LogP contribution in [0.5, 0.6) is 0 Å². The van der Waals surface area contributed by atoms with Gasteiger partial charge in [-0.05, 0) is 43.9 Å². The highest BCUT2D eigenvalue weighted by Crippen LogP contribution is 2.29. The van der Waals surface area contributed by atoms with Crippen LogP contribution in [0.25, 0.3) is 11.1 Å². The second kappa shape index (κ2) is 4.34. The number of anilines is 1. The minimum atomic E-state index is 0.0711. The Balaban J connectivity index is 1.85. The molecular weight excluding hydrogens is 226 g/mol. The maximum Gasteiger partial charge on any atom is 0.295 e. The van der Waals surface area contributed by atoms with E-state index in [-0.39, 0.29) is 12.0 Å². The highest BCUT2D eigenvalue weighted by molar-refractivity contribution is 5.75. The zero-order chi connectivity index (χ0) is 12.5. The van der Waals surface area contributed by atoms with Crippen molar-refractivity contribution in [2.24, 2.45) is 5.92 Å². The summed E-state index contributed by atoms with van der Waals surface area (Å²) < 4.78 is 5.65. The van der Waals surface area contributed by atoms with E-state index < -0.39 is 0 Å². The van der Waals surface area contributed by atoms with E-state index in [0.29, 0.717) is 6.01 Å². The summed E-state index contributed by atoms with van der Waals surface area (Å²) in [5, 5.41) is 12.3. The van der Waals surface area contributed by atoms with E-state index in [1.54, 1.807) is 0 Å². The second-order valence-electron chi connectivity index (χ2n) is 4.91. The van der Waals surface area contributed by atoms with E-state index in [2.05, 4.69) is 16.4 Å². The Kier molecular flexibility index (Phi) is 2.67. The van der Waals surface area contributed by atoms with Crippen molar-refractivity contribution >= 4 is 17.1 Å². The number of aromatic nitrogens is 1. The minimum Gasteiger partial charge on any atom is -0.424 e. The normalized spacial score (nSPS) is 23.1. The molecule has 92 valence electrons. The first-order valence-electron chi connectivity index (χ1n) is 6.29. The number of benzene rings is 1. The van der Waals surface area contributed by atoms with E-state index in [0.717, 1.165) is 35.9 Å². The molecule has 2 atom stereocenters. The highest BCUT2D eigenvalue weighted by Gasteiger charge is 2.28. The van der Waals surface area contributed by atoms with Crippen molar-refractivity contribution in [3.63, 3.8) is 0 Å². The summed E-state index contributed by atoms with van der Waals surface area (Å²) in [6, 6.07) is 8.98. The Morgan fingerprint density at radius 3 is 3.17 bits per heavy atom. The fourth-order valence-electron chi connectivity index (χ4n) is 2.55. The van der Waals surface area contributed by atoms with Gasteiger partial charge < -0.3 is 9.73 Å². The number of aryl methyl sites for hydroxylation is 1. The lowest BCUT2D eigenvalue weighted by molar-refractivity contribution is 0.565. The van der Waals surface area contributed by atoms with Gasteiger partial charge in [-0.2, -0.15) is 10.2 Å². The monoisotopic (exact) mass is 241 g/mol. The molecule has 1 aromatic carbocycles. The van der Waals surface area contributed by atoms with Gasteiger partial charge >= 0.3 is 0 Å². The first kappa shape index (κ1) is 11.1. The van der Waals surface area contributed by atoms with Gasteiger partial charge in [0.1, 0.15) is 5.52 Å². The first-order chi connectivity index (χ1) is 8.76. The SMILES string of the molecule is Cc1ccc2oc(N[C@H]3CCC[C@H]3C#N)nc2c1. The van der Waals surface area contributed by atoms with Crippen LogP contribution in [0.1, 0.15) is 24.8 Å². The van der Waals surface area contributed by atoms with Crippen molar-refractivity contribution in [2.45, 2.75) is 32.2 Å². The van der Waals surface area contributed by atoms with Gasteiger partial charge in [0.2, 0.25) is 0 Å². The van der Waals surface area contributed by atoms with Crippen LogP contribution in [-0.2, 0) is 0 Å². The number of nitriles is 1. The maximum absolute atomic E-state index is 9.05. The first-order valence-corrected chi connectivity index (χ1v) is 6.29. The molecule has 1 heterocycles. The predicted octanol–water partition coefficient (Wildman–Crippen LogP) is 3.24. The third kappa shape index (κ3) is 1.92. The van der Waals surface area contributed by atoms with E-state index in [4.69, 9.17) is 9.68 Å². The Labute approximate surface area is 106 Å². The van der Waals surface area contributed by atoms with Crippen LogP contribution in [0.3, 0.4) is 0 Å². The molecule has 3 rings (SSSR count). The molecular formula is C14H15N3O. The fraction of sp³-hybridized carbons (Fsp3) is 0.429. The Bertz CT molecular complexity index is 611. The van der Waals surface area contributed by atoms with Crippen LogP contribution in [0, 0.1) is 24.2 Å². The Morgan fingerprint density at radius 2 is 2.33 bits per heavy atom. The summed E-state index contributed by atoms with van der Waals surface area (Å²) in [6.07, 6.45) is 3.07. The maximum atomic E-state index is 9.05. The van der Waals surface area contributed by atoms with Gasteiger partial charge in [-0.1, -0.05) is 6.07 Å². The van der Waals surface area contributed by atoms with Gasteiger partial charge in [0.15, 0.2) is 5.58 Å². The van der Waals surface area contributed by atoms with E-state index in [9.17, 15) is 0 Å². The largest absolute Gasteiger partial charge is 0.424 e. The summed E-state index contributed by atoms with van der Waals surface area (Å²) in [5.41, 5.74) is 2.82. The summed E-state index contributed by atoms with van der Waals surface area (Å²) in [5.74, 6) is 0.0711. The molecule has 0 amide bonds. The number of oxazole rings is 1. The number of fused-ring (bicyclic) bond motifs is 1. The summed E-state index contributed by atoms with van der Waals surface area (Å²) in [4.78, 5) is 4.42. The van der Waals surface area contributed by atoms with Crippen molar-refractivity contribution in [1.29, 1.82) is 5.26 Å². The smallest absolute Gasteiger partial charge is 0.295 e. The van der Waals surface area contributed by atoms with Crippen LogP contribution in [0.15, 0.2) is 22.6 Å². The molecule has 4 nitrogen and oxygen atoms in total. The van der Waals surface area contributed by atoms with E-state index in [1.165, 1.54) is 0 Å². The van der Waals surface area contributed by atoms with E-state index in [1.807, 2.05) is 25.1 Å². The summed E-state index contributed by atoms with van der Waals surface area (Å²) in [7, 11) is 0. The van der Waals surface area contributed by atoms with Crippen molar-refractivity contribution in [3.05, 3.63) is 23.8 Å². The van der Waals surface area contributed by atoms with Crippen molar-refractivity contribution < 1.29 is 4.42 Å². The van der Waals surface area contributed by atoms with Gasteiger partial charge in [0.05, 0.1) is 12.0 Å². The molecule has 0 aliphatic heterocycles. The van der Waals surface area contributed by atoms with Crippen molar-refractivity contribution in [1.82, 2.24) is 4.98 Å². The topological polar surface area (TPSA) is 61.9 Å². The summed E-state index contributed by atoms with van der Waals surface area (Å²) >= 11 is 0. The minimum absolute atomic E-state index is 0.0711.